The molecule has 1 amide bonds. The number of amides is 1. The van der Waals surface area contributed by atoms with E-state index in [2.05, 4.69) is 5.32 Å². The minimum Gasteiger partial charge on any atom is -0.482 e. The highest BCUT2D eigenvalue weighted by Gasteiger charge is 2.19. The first kappa shape index (κ1) is 13.0. The van der Waals surface area contributed by atoms with Gasteiger partial charge in [0.1, 0.15) is 5.75 Å². The first-order valence-corrected chi connectivity index (χ1v) is 6.59. The Balaban J connectivity index is 1.97. The van der Waals surface area contributed by atoms with Crippen LogP contribution in [0.25, 0.3) is 0 Å². The molecule has 20 heavy (non-hydrogen) atoms. The molecule has 5 heteroatoms. The van der Waals surface area contributed by atoms with Crippen molar-refractivity contribution in [3.05, 3.63) is 58.6 Å². The van der Waals surface area contributed by atoms with Crippen molar-refractivity contribution in [1.82, 2.24) is 0 Å². The Morgan fingerprint density at radius 3 is 2.85 bits per heavy atom. The van der Waals surface area contributed by atoms with Crippen LogP contribution in [0.15, 0.2) is 42.5 Å². The van der Waals surface area contributed by atoms with Gasteiger partial charge in [0.2, 0.25) is 0 Å². The highest BCUT2D eigenvalue weighted by molar-refractivity contribution is 6.31. The molecule has 0 fully saturated rings. The number of benzene rings is 2. The number of hydrogen-bond acceptors (Lipinski definition) is 3. The van der Waals surface area contributed by atoms with Crippen molar-refractivity contribution in [1.29, 1.82) is 0 Å². The summed E-state index contributed by atoms with van der Waals surface area (Å²) in [6.07, 6.45) is 0. The van der Waals surface area contributed by atoms with Crippen LogP contribution < -0.4 is 15.8 Å². The lowest BCUT2D eigenvalue weighted by Gasteiger charge is -2.21. The maximum atomic E-state index is 11.3. The van der Waals surface area contributed by atoms with Crippen LogP contribution in [0, 0.1) is 0 Å². The summed E-state index contributed by atoms with van der Waals surface area (Å²) >= 11 is 6.16. The largest absolute Gasteiger partial charge is 0.482 e. The van der Waals surface area contributed by atoms with Crippen molar-refractivity contribution in [3.63, 3.8) is 0 Å². The standard InChI is InChI=1S/C15H13ClN2O2/c16-11-4-2-1-3-10(11)15(17)9-5-6-13-12(7-9)18-14(19)8-20-13/h1-7,15H,8,17H2,(H,18,19). The lowest BCUT2D eigenvalue weighted by atomic mass is 9.98. The Labute approximate surface area is 121 Å². The second kappa shape index (κ2) is 5.15. The minimum absolute atomic E-state index is 0.0446. The summed E-state index contributed by atoms with van der Waals surface area (Å²) in [5.41, 5.74) is 8.60. The lowest BCUT2D eigenvalue weighted by Crippen LogP contribution is -2.25. The van der Waals surface area contributed by atoms with E-state index < -0.39 is 0 Å². The zero-order valence-electron chi connectivity index (χ0n) is 10.6. The summed E-state index contributed by atoms with van der Waals surface area (Å²) in [6.45, 7) is 0.0446. The van der Waals surface area contributed by atoms with Crippen molar-refractivity contribution in [3.8, 4) is 5.75 Å². The minimum atomic E-state index is -0.354. The van der Waals surface area contributed by atoms with Crippen LogP contribution in [-0.2, 0) is 4.79 Å². The molecular formula is C15H13ClN2O2. The molecule has 1 atom stereocenters. The second-order valence-electron chi connectivity index (χ2n) is 4.59. The molecule has 0 aromatic heterocycles. The molecule has 0 saturated carbocycles. The van der Waals surface area contributed by atoms with Gasteiger partial charge in [0.15, 0.2) is 6.61 Å². The number of ether oxygens (including phenoxy) is 1. The molecule has 0 aliphatic carbocycles. The normalized spacial score (nSPS) is 15.0. The molecule has 0 radical (unpaired) electrons. The molecule has 4 nitrogen and oxygen atoms in total. The summed E-state index contributed by atoms with van der Waals surface area (Å²) in [4.78, 5) is 11.3. The summed E-state index contributed by atoms with van der Waals surface area (Å²) < 4.78 is 5.32. The van der Waals surface area contributed by atoms with Crippen LogP contribution in [0.1, 0.15) is 17.2 Å². The Kier molecular flexibility index (Phi) is 3.34. The number of rotatable bonds is 2. The molecule has 102 valence electrons. The summed E-state index contributed by atoms with van der Waals surface area (Å²) in [5, 5.41) is 3.39. The maximum absolute atomic E-state index is 11.3. The molecule has 3 N–H and O–H groups in total. The molecular weight excluding hydrogens is 276 g/mol. The second-order valence-corrected chi connectivity index (χ2v) is 5.00. The van der Waals surface area contributed by atoms with Gasteiger partial charge < -0.3 is 15.8 Å². The Hall–Kier alpha value is -2.04. The van der Waals surface area contributed by atoms with Crippen molar-refractivity contribution in [2.75, 3.05) is 11.9 Å². The van der Waals surface area contributed by atoms with E-state index >= 15 is 0 Å². The highest BCUT2D eigenvalue weighted by Crippen LogP contribution is 2.33. The van der Waals surface area contributed by atoms with Gasteiger partial charge in [-0.25, -0.2) is 0 Å². The zero-order valence-corrected chi connectivity index (χ0v) is 11.4. The third-order valence-corrected chi connectivity index (χ3v) is 3.58. The Bertz CT molecular complexity index is 673. The maximum Gasteiger partial charge on any atom is 0.262 e. The van der Waals surface area contributed by atoms with Gasteiger partial charge in [0.05, 0.1) is 11.7 Å². The van der Waals surface area contributed by atoms with Gasteiger partial charge in [0.25, 0.3) is 5.91 Å². The smallest absolute Gasteiger partial charge is 0.262 e. The van der Waals surface area contributed by atoms with Crippen LogP contribution in [0.3, 0.4) is 0 Å². The van der Waals surface area contributed by atoms with Gasteiger partial charge in [-0.3, -0.25) is 4.79 Å². The van der Waals surface area contributed by atoms with Crippen molar-refractivity contribution < 1.29 is 9.53 Å². The first-order chi connectivity index (χ1) is 9.65. The Morgan fingerprint density at radius 1 is 1.25 bits per heavy atom. The van der Waals surface area contributed by atoms with Crippen LogP contribution in [0.5, 0.6) is 5.75 Å². The molecule has 1 unspecified atom stereocenters. The fraction of sp³-hybridized carbons (Fsp3) is 0.133. The monoisotopic (exact) mass is 288 g/mol. The van der Waals surface area contributed by atoms with E-state index in [1.165, 1.54) is 0 Å². The van der Waals surface area contributed by atoms with E-state index in [0.29, 0.717) is 16.5 Å². The van der Waals surface area contributed by atoms with E-state index in [0.717, 1.165) is 11.1 Å². The predicted octanol–water partition coefficient (Wildman–Crippen LogP) is 2.72. The average Bonchev–Trinajstić information content (AvgIpc) is 2.46. The number of nitrogens with two attached hydrogens (primary N) is 1. The average molecular weight is 289 g/mol. The molecule has 0 saturated heterocycles. The number of anilines is 1. The van der Waals surface area contributed by atoms with E-state index in [4.69, 9.17) is 22.1 Å². The molecule has 1 aliphatic heterocycles. The highest BCUT2D eigenvalue weighted by atomic mass is 35.5. The van der Waals surface area contributed by atoms with Crippen LogP contribution in [0.4, 0.5) is 5.69 Å². The van der Waals surface area contributed by atoms with Crippen LogP contribution in [-0.4, -0.2) is 12.5 Å². The summed E-state index contributed by atoms with van der Waals surface area (Å²) in [5.74, 6) is 0.487. The molecule has 2 aromatic rings. The lowest BCUT2D eigenvalue weighted by molar-refractivity contribution is -0.118. The third kappa shape index (κ3) is 2.35. The predicted molar refractivity (Wildman–Crippen MR) is 78.0 cm³/mol. The fourth-order valence-corrected chi connectivity index (χ4v) is 2.45. The van der Waals surface area contributed by atoms with Crippen LogP contribution >= 0.6 is 11.6 Å². The Morgan fingerprint density at radius 2 is 2.05 bits per heavy atom. The third-order valence-electron chi connectivity index (χ3n) is 3.24. The van der Waals surface area contributed by atoms with Gasteiger partial charge in [0, 0.05) is 5.02 Å². The number of fused-ring (bicyclic) bond motifs is 1. The van der Waals surface area contributed by atoms with Crippen LogP contribution in [0.2, 0.25) is 5.02 Å². The number of nitrogens with one attached hydrogen (secondary N) is 1. The number of carbonyl (C=O) groups excluding carboxylic acids is 1. The van der Waals surface area contributed by atoms with Crippen molar-refractivity contribution in [2.24, 2.45) is 5.73 Å². The van der Waals surface area contributed by atoms with Gasteiger partial charge in [-0.15, -0.1) is 0 Å². The quantitative estimate of drug-likeness (QED) is 0.893. The molecule has 3 rings (SSSR count). The molecule has 2 aromatic carbocycles. The summed E-state index contributed by atoms with van der Waals surface area (Å²) in [7, 11) is 0. The SMILES string of the molecule is NC(c1ccc2c(c1)NC(=O)CO2)c1ccccc1Cl. The molecule has 0 spiro atoms. The molecule has 1 heterocycles. The van der Waals surface area contributed by atoms with Gasteiger partial charge in [-0.2, -0.15) is 0 Å². The van der Waals surface area contributed by atoms with Gasteiger partial charge >= 0.3 is 0 Å². The fourth-order valence-electron chi connectivity index (χ4n) is 2.20. The first-order valence-electron chi connectivity index (χ1n) is 6.22. The summed E-state index contributed by atoms with van der Waals surface area (Å²) in [6, 6.07) is 12.6. The number of carbonyl (C=O) groups is 1. The topological polar surface area (TPSA) is 64.3 Å². The van der Waals surface area contributed by atoms with Crippen molar-refractivity contribution >= 4 is 23.2 Å². The zero-order chi connectivity index (χ0) is 14.1. The van der Waals surface area contributed by atoms with Gasteiger partial charge in [-0.1, -0.05) is 35.9 Å². The van der Waals surface area contributed by atoms with E-state index in [-0.39, 0.29) is 18.6 Å². The number of hydrogen-bond donors (Lipinski definition) is 2. The number of halogens is 1. The van der Waals surface area contributed by atoms with Gasteiger partial charge in [-0.05, 0) is 29.3 Å². The molecule has 0 bridgehead atoms. The molecule has 1 aliphatic rings. The van der Waals surface area contributed by atoms with Crippen molar-refractivity contribution in [2.45, 2.75) is 6.04 Å². The van der Waals surface area contributed by atoms with E-state index in [9.17, 15) is 4.79 Å². The van der Waals surface area contributed by atoms with E-state index in [1.54, 1.807) is 12.1 Å². The van der Waals surface area contributed by atoms with E-state index in [1.807, 2.05) is 30.3 Å².